The summed E-state index contributed by atoms with van der Waals surface area (Å²) in [6.07, 6.45) is 2.25. The molecule has 0 bridgehead atoms. The van der Waals surface area contributed by atoms with Gasteiger partial charge in [-0.05, 0) is 31.0 Å². The predicted molar refractivity (Wildman–Crippen MR) is 85.3 cm³/mol. The second-order valence-electron chi connectivity index (χ2n) is 5.44. The molecular weight excluding hydrogens is 280 g/mol. The SMILES string of the molecule is CCC(=O)c1ccc2c(c1)nc(C(CC)CC)n2CC(=O)O. The minimum Gasteiger partial charge on any atom is -0.480 e. The molecule has 1 aromatic carbocycles. The molecule has 1 aromatic heterocycles. The minimum absolute atomic E-state index is 0.0683. The van der Waals surface area contributed by atoms with Crippen LogP contribution in [0.2, 0.25) is 0 Å². The Morgan fingerprint density at radius 1 is 1.23 bits per heavy atom. The number of carboxylic acids is 1. The van der Waals surface area contributed by atoms with Crippen molar-refractivity contribution in [1.29, 1.82) is 0 Å². The molecule has 5 nitrogen and oxygen atoms in total. The van der Waals surface area contributed by atoms with Gasteiger partial charge in [-0.1, -0.05) is 20.8 Å². The Balaban J connectivity index is 2.61. The minimum atomic E-state index is -0.889. The first-order valence-corrected chi connectivity index (χ1v) is 7.76. The zero-order valence-electron chi connectivity index (χ0n) is 13.3. The molecule has 0 saturated carbocycles. The van der Waals surface area contributed by atoms with E-state index in [2.05, 4.69) is 18.8 Å². The molecule has 0 atom stereocenters. The van der Waals surface area contributed by atoms with Crippen molar-refractivity contribution >= 4 is 22.8 Å². The van der Waals surface area contributed by atoms with Crippen LogP contribution in [0.5, 0.6) is 0 Å². The number of carboxylic acid groups (broad SMARTS) is 1. The summed E-state index contributed by atoms with van der Waals surface area (Å²) in [5.74, 6) is 0.194. The van der Waals surface area contributed by atoms with Gasteiger partial charge in [0.05, 0.1) is 11.0 Å². The molecule has 1 heterocycles. The van der Waals surface area contributed by atoms with Crippen LogP contribution in [0.3, 0.4) is 0 Å². The van der Waals surface area contributed by atoms with Crippen LogP contribution in [0.25, 0.3) is 11.0 Å². The number of aromatic nitrogens is 2. The summed E-state index contributed by atoms with van der Waals surface area (Å²) in [7, 11) is 0. The molecule has 2 aromatic rings. The Morgan fingerprint density at radius 3 is 2.45 bits per heavy atom. The highest BCUT2D eigenvalue weighted by Gasteiger charge is 2.20. The van der Waals surface area contributed by atoms with Crippen molar-refractivity contribution in [3.05, 3.63) is 29.6 Å². The van der Waals surface area contributed by atoms with Crippen LogP contribution < -0.4 is 0 Å². The average molecular weight is 302 g/mol. The van der Waals surface area contributed by atoms with Gasteiger partial charge < -0.3 is 9.67 Å². The molecule has 0 aliphatic heterocycles. The van der Waals surface area contributed by atoms with Crippen LogP contribution >= 0.6 is 0 Å². The molecule has 0 aliphatic rings. The molecule has 5 heteroatoms. The first kappa shape index (κ1) is 16.2. The van der Waals surface area contributed by atoms with Gasteiger partial charge in [0, 0.05) is 17.9 Å². The normalized spacial score (nSPS) is 11.3. The van der Waals surface area contributed by atoms with Crippen LogP contribution in [0, 0.1) is 0 Å². The van der Waals surface area contributed by atoms with Gasteiger partial charge in [-0.15, -0.1) is 0 Å². The molecule has 1 N–H and O–H groups in total. The van der Waals surface area contributed by atoms with Gasteiger partial charge in [0.15, 0.2) is 5.78 Å². The fraction of sp³-hybridized carbons (Fsp3) is 0.471. The van der Waals surface area contributed by atoms with E-state index in [0.29, 0.717) is 17.5 Å². The highest BCUT2D eigenvalue weighted by molar-refractivity contribution is 5.98. The third-order valence-corrected chi connectivity index (χ3v) is 4.06. The van der Waals surface area contributed by atoms with E-state index in [1.54, 1.807) is 22.8 Å². The summed E-state index contributed by atoms with van der Waals surface area (Å²) in [6, 6.07) is 5.33. The van der Waals surface area contributed by atoms with Crippen LogP contribution in [0.15, 0.2) is 18.2 Å². The van der Waals surface area contributed by atoms with Gasteiger partial charge in [-0.3, -0.25) is 9.59 Å². The monoisotopic (exact) mass is 302 g/mol. The lowest BCUT2D eigenvalue weighted by molar-refractivity contribution is -0.137. The van der Waals surface area contributed by atoms with E-state index < -0.39 is 5.97 Å². The Kier molecular flexibility index (Phi) is 4.96. The Hall–Kier alpha value is -2.17. The summed E-state index contributed by atoms with van der Waals surface area (Å²) >= 11 is 0. The number of Topliss-reactive ketones (excluding diaryl/α,β-unsaturated/α-hetero) is 1. The van der Waals surface area contributed by atoms with E-state index >= 15 is 0 Å². The molecule has 2 rings (SSSR count). The maximum atomic E-state index is 11.8. The largest absolute Gasteiger partial charge is 0.480 e. The molecule has 22 heavy (non-hydrogen) atoms. The van der Waals surface area contributed by atoms with Gasteiger partial charge in [0.2, 0.25) is 0 Å². The molecule has 0 saturated heterocycles. The number of fused-ring (bicyclic) bond motifs is 1. The summed E-state index contributed by atoms with van der Waals surface area (Å²) in [6.45, 7) is 5.86. The van der Waals surface area contributed by atoms with E-state index in [9.17, 15) is 14.7 Å². The highest BCUT2D eigenvalue weighted by Crippen LogP contribution is 2.27. The Bertz CT molecular complexity index is 699. The second-order valence-corrected chi connectivity index (χ2v) is 5.44. The molecule has 0 unspecified atom stereocenters. The van der Waals surface area contributed by atoms with Crippen LogP contribution in [0.4, 0.5) is 0 Å². The Morgan fingerprint density at radius 2 is 1.91 bits per heavy atom. The molecule has 0 amide bonds. The summed E-state index contributed by atoms with van der Waals surface area (Å²) < 4.78 is 1.76. The number of ketones is 1. The quantitative estimate of drug-likeness (QED) is 0.793. The van der Waals surface area contributed by atoms with Crippen molar-refractivity contribution in [1.82, 2.24) is 9.55 Å². The maximum absolute atomic E-state index is 11.8. The lowest BCUT2D eigenvalue weighted by atomic mass is 10.0. The number of aliphatic carboxylic acids is 1. The summed E-state index contributed by atoms with van der Waals surface area (Å²) in [4.78, 5) is 27.7. The van der Waals surface area contributed by atoms with Crippen LogP contribution in [-0.2, 0) is 11.3 Å². The zero-order valence-corrected chi connectivity index (χ0v) is 13.3. The van der Waals surface area contributed by atoms with E-state index in [-0.39, 0.29) is 18.2 Å². The van der Waals surface area contributed by atoms with E-state index in [1.165, 1.54) is 0 Å². The van der Waals surface area contributed by atoms with Gasteiger partial charge in [0.25, 0.3) is 0 Å². The number of carbonyl (C=O) groups excluding carboxylic acids is 1. The van der Waals surface area contributed by atoms with Gasteiger partial charge >= 0.3 is 5.97 Å². The van der Waals surface area contributed by atoms with Crippen molar-refractivity contribution in [2.45, 2.75) is 52.5 Å². The number of rotatable bonds is 7. The summed E-state index contributed by atoms with van der Waals surface area (Å²) in [5.41, 5.74) is 2.10. The number of benzene rings is 1. The van der Waals surface area contributed by atoms with Crippen molar-refractivity contribution in [2.75, 3.05) is 0 Å². The van der Waals surface area contributed by atoms with Crippen LogP contribution in [0.1, 0.15) is 62.1 Å². The fourth-order valence-corrected chi connectivity index (χ4v) is 2.79. The van der Waals surface area contributed by atoms with Crippen molar-refractivity contribution in [3.63, 3.8) is 0 Å². The van der Waals surface area contributed by atoms with Crippen molar-refractivity contribution < 1.29 is 14.7 Å². The Labute approximate surface area is 130 Å². The number of hydrogen-bond acceptors (Lipinski definition) is 3. The van der Waals surface area contributed by atoms with E-state index in [0.717, 1.165) is 24.2 Å². The molecule has 0 spiro atoms. The maximum Gasteiger partial charge on any atom is 0.323 e. The topological polar surface area (TPSA) is 72.2 Å². The number of nitrogens with zero attached hydrogens (tertiary/aromatic N) is 2. The summed E-state index contributed by atoms with van der Waals surface area (Å²) in [5, 5.41) is 9.17. The number of carbonyl (C=O) groups is 2. The van der Waals surface area contributed by atoms with Crippen molar-refractivity contribution in [3.8, 4) is 0 Å². The molecular formula is C17H22N2O3. The van der Waals surface area contributed by atoms with Gasteiger partial charge in [-0.25, -0.2) is 4.98 Å². The van der Waals surface area contributed by atoms with Gasteiger partial charge in [0.1, 0.15) is 12.4 Å². The lowest BCUT2D eigenvalue weighted by Gasteiger charge is -2.14. The molecule has 0 aliphatic carbocycles. The van der Waals surface area contributed by atoms with Crippen LogP contribution in [-0.4, -0.2) is 26.4 Å². The first-order chi connectivity index (χ1) is 10.5. The van der Waals surface area contributed by atoms with Crippen molar-refractivity contribution in [2.24, 2.45) is 0 Å². The smallest absolute Gasteiger partial charge is 0.323 e. The van der Waals surface area contributed by atoms with E-state index in [1.807, 2.05) is 6.92 Å². The number of imidazole rings is 1. The second kappa shape index (κ2) is 6.73. The average Bonchev–Trinajstić information content (AvgIpc) is 2.85. The fourth-order valence-electron chi connectivity index (χ4n) is 2.79. The zero-order chi connectivity index (χ0) is 16.3. The number of hydrogen-bond donors (Lipinski definition) is 1. The third-order valence-electron chi connectivity index (χ3n) is 4.06. The highest BCUT2D eigenvalue weighted by atomic mass is 16.4. The van der Waals surface area contributed by atoms with E-state index in [4.69, 9.17) is 0 Å². The molecule has 0 fully saturated rings. The predicted octanol–water partition coefficient (Wildman–Crippen LogP) is 3.62. The standard InChI is InChI=1S/C17H22N2O3/c1-4-11(5-2)17-18-13-9-12(15(20)6-3)7-8-14(13)19(17)10-16(21)22/h7-9,11H,4-6,10H2,1-3H3,(H,21,22). The lowest BCUT2D eigenvalue weighted by Crippen LogP contribution is -2.14. The molecule has 0 radical (unpaired) electrons. The third kappa shape index (κ3) is 3.03. The molecule has 118 valence electrons. The first-order valence-electron chi connectivity index (χ1n) is 7.76. The van der Waals surface area contributed by atoms with Gasteiger partial charge in [-0.2, -0.15) is 0 Å².